The lowest BCUT2D eigenvalue weighted by molar-refractivity contribution is 0.0489. The number of sulfonamides is 1. The second-order valence-electron chi connectivity index (χ2n) is 8.46. The molecule has 0 spiro atoms. The Bertz CT molecular complexity index is 791. The molecule has 0 bridgehead atoms. The monoisotopic (exact) mass is 394 g/mol. The van der Waals surface area contributed by atoms with Crippen molar-refractivity contribution in [3.63, 3.8) is 0 Å². The summed E-state index contributed by atoms with van der Waals surface area (Å²) in [5, 5.41) is 2.85. The number of amides is 1. The highest BCUT2D eigenvalue weighted by Crippen LogP contribution is 2.27. The molecule has 27 heavy (non-hydrogen) atoms. The summed E-state index contributed by atoms with van der Waals surface area (Å²) in [4.78, 5) is 12.3. The lowest BCUT2D eigenvalue weighted by Crippen LogP contribution is -2.47. The van der Waals surface area contributed by atoms with Gasteiger partial charge in [-0.25, -0.2) is 13.2 Å². The van der Waals surface area contributed by atoms with Gasteiger partial charge in [0.1, 0.15) is 5.60 Å². The van der Waals surface area contributed by atoms with Gasteiger partial charge in [-0.3, -0.25) is 0 Å². The summed E-state index contributed by atoms with van der Waals surface area (Å²) in [6, 6.07) is 5.51. The minimum Gasteiger partial charge on any atom is -0.444 e. The molecule has 150 valence electrons. The van der Waals surface area contributed by atoms with Crippen LogP contribution < -0.4 is 5.32 Å². The average Bonchev–Trinajstić information content (AvgIpc) is 2.60. The summed E-state index contributed by atoms with van der Waals surface area (Å²) < 4.78 is 32.8. The normalized spacial score (nSPS) is 19.4. The van der Waals surface area contributed by atoms with Gasteiger partial charge in [0.2, 0.25) is 10.0 Å². The molecule has 0 atom stereocenters. The number of hydrogen-bond acceptors (Lipinski definition) is 4. The predicted molar refractivity (Wildman–Crippen MR) is 104 cm³/mol. The number of aryl methyl sites for hydroxylation is 2. The van der Waals surface area contributed by atoms with E-state index in [1.54, 1.807) is 6.07 Å². The molecule has 1 aromatic carbocycles. The van der Waals surface area contributed by atoms with Crippen molar-refractivity contribution in [3.8, 4) is 0 Å². The number of nitrogens with zero attached hydrogens (tertiary/aromatic N) is 1. The highest BCUT2D eigenvalue weighted by molar-refractivity contribution is 7.89. The van der Waals surface area contributed by atoms with Crippen LogP contribution in [-0.4, -0.2) is 43.5 Å². The van der Waals surface area contributed by atoms with Gasteiger partial charge in [0.25, 0.3) is 0 Å². The van der Waals surface area contributed by atoms with E-state index in [-0.39, 0.29) is 6.04 Å². The van der Waals surface area contributed by atoms with Crippen LogP contribution in [0.5, 0.6) is 0 Å². The van der Waals surface area contributed by atoms with E-state index < -0.39 is 21.7 Å². The molecular formula is C20H30N2O4S. The number of carbonyl (C=O) groups excluding carboxylic acids is 1. The first kappa shape index (κ1) is 20.1. The van der Waals surface area contributed by atoms with Gasteiger partial charge in [-0.1, -0.05) is 6.07 Å². The molecule has 1 aliphatic carbocycles. The standard InChI is InChI=1S/C20H30N2O4S/c1-20(2,3)26-19(23)21-17-10-12-22(13-11-17)27(24,25)18-9-8-15-6-4-5-7-16(15)14-18/h8-9,14,17H,4-7,10-13H2,1-3H3,(H,21,23). The van der Waals surface area contributed by atoms with Gasteiger partial charge in [0.05, 0.1) is 4.90 Å². The van der Waals surface area contributed by atoms with Crippen LogP contribution in [0.1, 0.15) is 57.6 Å². The van der Waals surface area contributed by atoms with Crippen molar-refractivity contribution in [2.24, 2.45) is 0 Å². The van der Waals surface area contributed by atoms with Crippen LogP contribution in [0, 0.1) is 0 Å². The van der Waals surface area contributed by atoms with Crippen molar-refractivity contribution >= 4 is 16.1 Å². The molecule has 3 rings (SSSR count). The molecule has 1 amide bonds. The summed E-state index contributed by atoms with van der Waals surface area (Å²) in [7, 11) is -3.49. The second kappa shape index (κ2) is 7.80. The fraction of sp³-hybridized carbons (Fsp3) is 0.650. The molecule has 1 N–H and O–H groups in total. The van der Waals surface area contributed by atoms with Crippen LogP contribution in [0.25, 0.3) is 0 Å². The molecule has 2 aliphatic rings. The van der Waals surface area contributed by atoms with Crippen molar-refractivity contribution in [2.45, 2.75) is 75.8 Å². The van der Waals surface area contributed by atoms with E-state index in [1.807, 2.05) is 32.9 Å². The molecule has 0 saturated carbocycles. The third-order valence-corrected chi connectivity index (χ3v) is 7.03. The van der Waals surface area contributed by atoms with Crippen molar-refractivity contribution in [2.75, 3.05) is 13.1 Å². The van der Waals surface area contributed by atoms with Crippen molar-refractivity contribution in [1.29, 1.82) is 0 Å². The Morgan fingerprint density at radius 1 is 1.11 bits per heavy atom. The zero-order chi connectivity index (χ0) is 19.7. The van der Waals surface area contributed by atoms with Gasteiger partial charge in [-0.15, -0.1) is 0 Å². The Hall–Kier alpha value is -1.60. The van der Waals surface area contributed by atoms with Gasteiger partial charge < -0.3 is 10.1 Å². The van der Waals surface area contributed by atoms with Gasteiger partial charge in [0, 0.05) is 19.1 Å². The van der Waals surface area contributed by atoms with E-state index in [2.05, 4.69) is 5.32 Å². The smallest absolute Gasteiger partial charge is 0.407 e. The minimum absolute atomic E-state index is 0.0603. The molecule has 1 heterocycles. The lowest BCUT2D eigenvalue weighted by atomic mass is 9.92. The molecular weight excluding hydrogens is 364 g/mol. The van der Waals surface area contributed by atoms with Gasteiger partial charge >= 0.3 is 6.09 Å². The Kier molecular flexibility index (Phi) is 5.82. The fourth-order valence-electron chi connectivity index (χ4n) is 3.73. The number of hydrogen-bond donors (Lipinski definition) is 1. The molecule has 1 aliphatic heterocycles. The molecule has 6 nitrogen and oxygen atoms in total. The molecule has 7 heteroatoms. The van der Waals surface area contributed by atoms with Gasteiger partial charge in [0.15, 0.2) is 0 Å². The van der Waals surface area contributed by atoms with E-state index >= 15 is 0 Å². The van der Waals surface area contributed by atoms with Gasteiger partial charge in [-0.05, 0) is 82.6 Å². The molecule has 1 aromatic rings. The Balaban J connectivity index is 1.61. The number of benzene rings is 1. The first-order chi connectivity index (χ1) is 12.6. The Morgan fingerprint density at radius 3 is 2.37 bits per heavy atom. The Labute approximate surface area is 162 Å². The molecule has 1 saturated heterocycles. The van der Waals surface area contributed by atoms with Gasteiger partial charge in [-0.2, -0.15) is 4.31 Å². The number of rotatable bonds is 3. The second-order valence-corrected chi connectivity index (χ2v) is 10.4. The van der Waals surface area contributed by atoms with E-state index in [0.29, 0.717) is 30.8 Å². The SMILES string of the molecule is CC(C)(C)OC(=O)NC1CCN(S(=O)(=O)c2ccc3c(c2)CCCC3)CC1. The van der Waals surface area contributed by atoms with E-state index in [1.165, 1.54) is 21.9 Å². The highest BCUT2D eigenvalue weighted by Gasteiger charge is 2.31. The van der Waals surface area contributed by atoms with E-state index in [4.69, 9.17) is 4.74 Å². The van der Waals surface area contributed by atoms with Crippen LogP contribution >= 0.6 is 0 Å². The zero-order valence-corrected chi connectivity index (χ0v) is 17.3. The summed E-state index contributed by atoms with van der Waals surface area (Å²) in [6.45, 7) is 6.26. The van der Waals surface area contributed by atoms with E-state index in [9.17, 15) is 13.2 Å². The summed E-state index contributed by atoms with van der Waals surface area (Å²) in [5.41, 5.74) is 1.91. The maximum absolute atomic E-state index is 13.0. The Morgan fingerprint density at radius 2 is 1.74 bits per heavy atom. The number of fused-ring (bicyclic) bond motifs is 1. The zero-order valence-electron chi connectivity index (χ0n) is 16.5. The van der Waals surface area contributed by atoms with E-state index in [0.717, 1.165) is 19.3 Å². The summed E-state index contributed by atoms with van der Waals surface area (Å²) in [5.74, 6) is 0. The summed E-state index contributed by atoms with van der Waals surface area (Å²) in [6.07, 6.45) is 5.03. The number of piperidine rings is 1. The van der Waals surface area contributed by atoms with Crippen LogP contribution in [0.15, 0.2) is 23.1 Å². The minimum atomic E-state index is -3.49. The van der Waals surface area contributed by atoms with Crippen LogP contribution in [0.4, 0.5) is 4.79 Å². The number of nitrogens with one attached hydrogen (secondary N) is 1. The number of alkyl carbamates (subject to hydrolysis) is 1. The quantitative estimate of drug-likeness (QED) is 0.854. The third kappa shape index (κ3) is 5.02. The molecule has 1 fully saturated rings. The molecule has 0 unspecified atom stereocenters. The lowest BCUT2D eigenvalue weighted by Gasteiger charge is -2.32. The highest BCUT2D eigenvalue weighted by atomic mass is 32.2. The third-order valence-electron chi connectivity index (χ3n) is 5.13. The maximum Gasteiger partial charge on any atom is 0.407 e. The number of carbonyl (C=O) groups is 1. The first-order valence-electron chi connectivity index (χ1n) is 9.77. The molecule has 0 radical (unpaired) electrons. The first-order valence-corrected chi connectivity index (χ1v) is 11.2. The average molecular weight is 395 g/mol. The van der Waals surface area contributed by atoms with Crippen molar-refractivity contribution < 1.29 is 17.9 Å². The van der Waals surface area contributed by atoms with Crippen molar-refractivity contribution in [1.82, 2.24) is 9.62 Å². The molecule has 0 aromatic heterocycles. The number of ether oxygens (including phenoxy) is 1. The fourth-order valence-corrected chi connectivity index (χ4v) is 5.25. The van der Waals surface area contributed by atoms with Crippen LogP contribution in [-0.2, 0) is 27.6 Å². The van der Waals surface area contributed by atoms with Crippen LogP contribution in [0.3, 0.4) is 0 Å². The predicted octanol–water partition coefficient (Wildman–Crippen LogP) is 3.24. The van der Waals surface area contributed by atoms with Crippen LogP contribution in [0.2, 0.25) is 0 Å². The maximum atomic E-state index is 13.0. The largest absolute Gasteiger partial charge is 0.444 e. The summed E-state index contributed by atoms with van der Waals surface area (Å²) >= 11 is 0. The topological polar surface area (TPSA) is 75.7 Å². The van der Waals surface area contributed by atoms with Crippen molar-refractivity contribution in [3.05, 3.63) is 29.3 Å².